The van der Waals surface area contributed by atoms with Crippen molar-refractivity contribution in [3.05, 3.63) is 70.8 Å². The fourth-order valence-corrected chi connectivity index (χ4v) is 2.17. The Morgan fingerprint density at radius 2 is 1.96 bits per heavy atom. The summed E-state index contributed by atoms with van der Waals surface area (Å²) in [4.78, 5) is 23.4. The molecule has 0 unspecified atom stereocenters. The molecule has 6 heteroatoms. The molecule has 6 nitrogen and oxygen atoms in total. The molecule has 126 valence electrons. The van der Waals surface area contributed by atoms with Crippen molar-refractivity contribution in [2.75, 3.05) is 7.11 Å². The van der Waals surface area contributed by atoms with Crippen LogP contribution in [0.4, 0.5) is 0 Å². The van der Waals surface area contributed by atoms with Gasteiger partial charge in [0.25, 0.3) is 5.91 Å². The number of carbonyl (C=O) groups is 2. The van der Waals surface area contributed by atoms with Crippen molar-refractivity contribution in [3.8, 4) is 11.8 Å². The van der Waals surface area contributed by atoms with Gasteiger partial charge in [0.2, 0.25) is 0 Å². The molecule has 2 aromatic carbocycles. The summed E-state index contributed by atoms with van der Waals surface area (Å²) in [5.74, 6) is -1.48. The number of carboxylic acid groups (broad SMARTS) is 1. The zero-order valence-corrected chi connectivity index (χ0v) is 13.5. The Bertz CT molecular complexity index is 851. The quantitative estimate of drug-likeness (QED) is 0.624. The number of nitrogens with one attached hydrogen (secondary N) is 1. The minimum absolute atomic E-state index is 0.0433. The first-order chi connectivity index (χ1) is 12.0. The summed E-state index contributed by atoms with van der Waals surface area (Å²) < 4.78 is 4.98. The second-order valence-corrected chi connectivity index (χ2v) is 5.10. The molecule has 2 rings (SSSR count). The third-order valence-electron chi connectivity index (χ3n) is 3.43. The Balaban J connectivity index is 2.19. The highest BCUT2D eigenvalue weighted by Gasteiger charge is 2.13. The normalized spacial score (nSPS) is 10.6. The number of hydrogen-bond acceptors (Lipinski definition) is 4. The van der Waals surface area contributed by atoms with Crippen LogP contribution in [0.25, 0.3) is 6.08 Å². The van der Waals surface area contributed by atoms with Gasteiger partial charge in [-0.25, -0.2) is 4.79 Å². The monoisotopic (exact) mass is 336 g/mol. The Morgan fingerprint density at radius 3 is 2.56 bits per heavy atom. The lowest BCUT2D eigenvalue weighted by atomic mass is 10.1. The summed E-state index contributed by atoms with van der Waals surface area (Å²) in [7, 11) is 1.37. The Labute approximate surface area is 145 Å². The Morgan fingerprint density at radius 1 is 1.24 bits per heavy atom. The maximum Gasteiger partial charge on any atom is 0.339 e. The molecule has 0 spiro atoms. The van der Waals surface area contributed by atoms with Crippen LogP contribution in [0.5, 0.6) is 5.75 Å². The van der Waals surface area contributed by atoms with Gasteiger partial charge in [-0.15, -0.1) is 0 Å². The topological polar surface area (TPSA) is 99.4 Å². The van der Waals surface area contributed by atoms with Crippen molar-refractivity contribution in [2.45, 2.75) is 6.54 Å². The van der Waals surface area contributed by atoms with E-state index in [1.54, 1.807) is 6.07 Å². The number of amides is 1. The Kier molecular flexibility index (Phi) is 5.91. The number of nitrogens with zero attached hydrogens (tertiary/aromatic N) is 1. The predicted molar refractivity (Wildman–Crippen MR) is 91.8 cm³/mol. The molecule has 0 bridgehead atoms. The molecule has 0 aromatic heterocycles. The van der Waals surface area contributed by atoms with Crippen LogP contribution in [-0.2, 0) is 11.3 Å². The van der Waals surface area contributed by atoms with E-state index in [-0.39, 0.29) is 16.9 Å². The SMILES string of the molecule is COc1ccc(C=C(C#N)C(=O)NCc2ccccc2)cc1C(=O)O. The number of rotatable bonds is 6. The first-order valence-corrected chi connectivity index (χ1v) is 7.40. The van der Waals surface area contributed by atoms with Crippen molar-refractivity contribution in [1.29, 1.82) is 5.26 Å². The molecule has 1 amide bonds. The third kappa shape index (κ3) is 4.69. The summed E-state index contributed by atoms with van der Waals surface area (Å²) >= 11 is 0. The molecule has 0 saturated heterocycles. The minimum Gasteiger partial charge on any atom is -0.496 e. The van der Waals surface area contributed by atoms with Crippen LogP contribution in [0, 0.1) is 11.3 Å². The molecule has 2 aromatic rings. The zero-order chi connectivity index (χ0) is 18.2. The highest BCUT2D eigenvalue weighted by Crippen LogP contribution is 2.21. The number of carboxylic acids is 1. The van der Waals surface area contributed by atoms with Gasteiger partial charge >= 0.3 is 5.97 Å². The summed E-state index contributed by atoms with van der Waals surface area (Å²) in [6.07, 6.45) is 1.34. The minimum atomic E-state index is -1.15. The van der Waals surface area contributed by atoms with Gasteiger partial charge in [0.05, 0.1) is 7.11 Å². The standard InChI is InChI=1S/C19H16N2O4/c1-25-17-8-7-14(10-16(17)19(23)24)9-15(11-20)18(22)21-12-13-5-3-2-4-6-13/h2-10H,12H2,1H3,(H,21,22)(H,23,24). The van der Waals surface area contributed by atoms with Crippen molar-refractivity contribution in [2.24, 2.45) is 0 Å². The first-order valence-electron chi connectivity index (χ1n) is 7.40. The predicted octanol–water partition coefficient (Wildman–Crippen LogP) is 2.62. The second kappa shape index (κ2) is 8.31. The average molecular weight is 336 g/mol. The molecule has 25 heavy (non-hydrogen) atoms. The number of ether oxygens (including phenoxy) is 1. The zero-order valence-electron chi connectivity index (χ0n) is 13.5. The molecular weight excluding hydrogens is 320 g/mol. The van der Waals surface area contributed by atoms with Crippen LogP contribution < -0.4 is 10.1 Å². The van der Waals surface area contributed by atoms with Crippen molar-refractivity contribution < 1.29 is 19.4 Å². The number of nitriles is 1. The maximum atomic E-state index is 12.2. The van der Waals surface area contributed by atoms with Crippen molar-refractivity contribution in [1.82, 2.24) is 5.32 Å². The van der Waals surface area contributed by atoms with Gasteiger partial charge in [-0.2, -0.15) is 5.26 Å². The Hall–Kier alpha value is -3.59. The summed E-state index contributed by atoms with van der Waals surface area (Å²) in [5.41, 5.74) is 1.17. The van der Waals surface area contributed by atoms with Crippen LogP contribution in [0.3, 0.4) is 0 Å². The lowest BCUT2D eigenvalue weighted by Gasteiger charge is -2.07. The van der Waals surface area contributed by atoms with Crippen LogP contribution >= 0.6 is 0 Å². The van der Waals surface area contributed by atoms with Crippen LogP contribution in [0.1, 0.15) is 21.5 Å². The van der Waals surface area contributed by atoms with Crippen molar-refractivity contribution in [3.63, 3.8) is 0 Å². The number of methoxy groups -OCH3 is 1. The van der Waals surface area contributed by atoms with E-state index in [4.69, 9.17) is 4.74 Å². The number of benzene rings is 2. The van der Waals surface area contributed by atoms with E-state index in [2.05, 4.69) is 5.32 Å². The van der Waals surface area contributed by atoms with Crippen molar-refractivity contribution >= 4 is 18.0 Å². The van der Waals surface area contributed by atoms with Gasteiger partial charge in [0.15, 0.2) is 0 Å². The lowest BCUT2D eigenvalue weighted by molar-refractivity contribution is -0.117. The summed E-state index contributed by atoms with van der Waals surface area (Å²) in [6, 6.07) is 15.5. The van der Waals surface area contributed by atoms with E-state index >= 15 is 0 Å². The van der Waals surface area contributed by atoms with E-state index in [1.807, 2.05) is 36.4 Å². The van der Waals surface area contributed by atoms with Gasteiger partial charge in [-0.1, -0.05) is 36.4 Å². The van der Waals surface area contributed by atoms with Gasteiger partial charge in [0, 0.05) is 6.54 Å². The number of carbonyl (C=O) groups excluding carboxylic acids is 1. The molecule has 0 aliphatic rings. The molecular formula is C19H16N2O4. The molecule has 0 radical (unpaired) electrons. The molecule has 0 aliphatic carbocycles. The molecule has 2 N–H and O–H groups in total. The highest BCUT2D eigenvalue weighted by molar-refractivity contribution is 6.02. The van der Waals surface area contributed by atoms with Gasteiger partial charge in [-0.3, -0.25) is 4.79 Å². The second-order valence-electron chi connectivity index (χ2n) is 5.10. The fourth-order valence-electron chi connectivity index (χ4n) is 2.17. The number of aromatic carboxylic acids is 1. The van der Waals surface area contributed by atoms with E-state index in [0.717, 1.165) is 5.56 Å². The number of hydrogen-bond donors (Lipinski definition) is 2. The van der Waals surface area contributed by atoms with E-state index in [9.17, 15) is 20.0 Å². The fraction of sp³-hybridized carbons (Fsp3) is 0.105. The van der Waals surface area contributed by atoms with E-state index < -0.39 is 11.9 Å². The maximum absolute atomic E-state index is 12.2. The molecule has 0 aliphatic heterocycles. The van der Waals surface area contributed by atoms with Gasteiger partial charge in [-0.05, 0) is 29.3 Å². The lowest BCUT2D eigenvalue weighted by Crippen LogP contribution is -2.23. The van der Waals surface area contributed by atoms with E-state index in [0.29, 0.717) is 12.1 Å². The smallest absolute Gasteiger partial charge is 0.339 e. The molecule has 0 heterocycles. The molecule has 0 atom stereocenters. The molecule has 0 saturated carbocycles. The van der Waals surface area contributed by atoms with Crippen LogP contribution in [0.2, 0.25) is 0 Å². The highest BCUT2D eigenvalue weighted by atomic mass is 16.5. The van der Waals surface area contributed by atoms with E-state index in [1.165, 1.54) is 25.3 Å². The summed E-state index contributed by atoms with van der Waals surface area (Å²) in [5, 5.41) is 21.1. The van der Waals surface area contributed by atoms with Gasteiger partial charge in [0.1, 0.15) is 23.0 Å². The van der Waals surface area contributed by atoms with Crippen LogP contribution in [0.15, 0.2) is 54.1 Å². The van der Waals surface area contributed by atoms with Crippen LogP contribution in [-0.4, -0.2) is 24.1 Å². The largest absolute Gasteiger partial charge is 0.496 e. The summed E-state index contributed by atoms with van der Waals surface area (Å²) in [6.45, 7) is 0.293. The average Bonchev–Trinajstić information content (AvgIpc) is 2.64. The first kappa shape index (κ1) is 17.8. The van der Waals surface area contributed by atoms with Gasteiger partial charge < -0.3 is 15.2 Å². The third-order valence-corrected chi connectivity index (χ3v) is 3.43. The molecule has 0 fully saturated rings.